The molecule has 8 aromatic rings. The first-order valence-electron chi connectivity index (χ1n) is 15.4. The molecule has 0 fully saturated rings. The summed E-state index contributed by atoms with van der Waals surface area (Å²) in [4.78, 5) is 2.42. The Labute approximate surface area is 256 Å². The van der Waals surface area contributed by atoms with E-state index in [1.54, 1.807) is 0 Å². The fourth-order valence-electron chi connectivity index (χ4n) is 7.24. The van der Waals surface area contributed by atoms with Gasteiger partial charge in [0.1, 0.15) is 17.3 Å². The van der Waals surface area contributed by atoms with Gasteiger partial charge < -0.3 is 14.6 Å². The number of nitrogens with zero attached hydrogens (tertiary/aromatic N) is 1. The van der Waals surface area contributed by atoms with Crippen LogP contribution in [0.5, 0.6) is 0 Å². The van der Waals surface area contributed by atoms with Crippen molar-refractivity contribution in [1.82, 2.24) is 0 Å². The van der Waals surface area contributed by atoms with Crippen molar-refractivity contribution in [2.75, 3.05) is 10.2 Å². The second kappa shape index (κ2) is 9.75. The highest BCUT2D eigenvalue weighted by atomic mass is 16.3. The average molecular weight is 567 g/mol. The van der Waals surface area contributed by atoms with E-state index < -0.39 is 0 Å². The Hall–Kier alpha value is -5.54. The first-order valence-corrected chi connectivity index (χ1v) is 15.4. The van der Waals surface area contributed by atoms with E-state index in [0.717, 1.165) is 28.4 Å². The van der Waals surface area contributed by atoms with Crippen LogP contribution in [0.3, 0.4) is 0 Å². The van der Waals surface area contributed by atoms with Gasteiger partial charge in [0, 0.05) is 16.5 Å². The molecule has 0 saturated carbocycles. The Balaban J connectivity index is 1.24. The van der Waals surface area contributed by atoms with Crippen LogP contribution >= 0.6 is 0 Å². The lowest BCUT2D eigenvalue weighted by Gasteiger charge is -2.26. The number of nitrogens with one attached hydrogen (secondary N) is 1. The third kappa shape index (κ3) is 3.69. The number of benzene rings is 7. The van der Waals surface area contributed by atoms with Crippen molar-refractivity contribution in [1.29, 1.82) is 0 Å². The summed E-state index contributed by atoms with van der Waals surface area (Å²) in [6.07, 6.45) is 1.25. The van der Waals surface area contributed by atoms with E-state index >= 15 is 0 Å². The number of furan rings is 1. The maximum absolute atomic E-state index is 6.17. The van der Waals surface area contributed by atoms with Crippen molar-refractivity contribution < 1.29 is 4.42 Å². The standard InChI is InChI=1S/C41H30N2O/c1-2-39-42-35-16-8-9-17-36(35)43(39)28-22-19-26(20-23-28)40-30-12-3-5-14-32(30)41(33-15-6-4-13-31(33)40)27-21-24-38-34(25-27)29-11-7-10-18-37(29)44-38/h3-25,39,42H,2H2,1H3. The van der Waals surface area contributed by atoms with Crippen molar-refractivity contribution >= 4 is 60.5 Å². The molecule has 0 radical (unpaired) electrons. The molecular weight excluding hydrogens is 536 g/mol. The van der Waals surface area contributed by atoms with Gasteiger partial charge in [-0.05, 0) is 92.7 Å². The van der Waals surface area contributed by atoms with Gasteiger partial charge in [-0.3, -0.25) is 0 Å². The average Bonchev–Trinajstić information content (AvgIpc) is 3.65. The van der Waals surface area contributed by atoms with Gasteiger partial charge in [0.2, 0.25) is 0 Å². The minimum absolute atomic E-state index is 0.240. The normalized spacial score (nSPS) is 14.5. The summed E-state index contributed by atoms with van der Waals surface area (Å²) in [5.41, 5.74) is 10.4. The second-order valence-electron chi connectivity index (χ2n) is 11.7. The monoisotopic (exact) mass is 566 g/mol. The Morgan fingerprint density at radius 2 is 1.09 bits per heavy atom. The van der Waals surface area contributed by atoms with Gasteiger partial charge in [-0.2, -0.15) is 0 Å². The van der Waals surface area contributed by atoms with Crippen molar-refractivity contribution in [3.8, 4) is 22.3 Å². The van der Waals surface area contributed by atoms with Gasteiger partial charge in [0.15, 0.2) is 0 Å². The Morgan fingerprint density at radius 1 is 0.545 bits per heavy atom. The summed E-state index contributed by atoms with van der Waals surface area (Å²) in [5.74, 6) is 0. The smallest absolute Gasteiger partial charge is 0.135 e. The van der Waals surface area contributed by atoms with Crippen LogP contribution in [0.1, 0.15) is 13.3 Å². The fourth-order valence-corrected chi connectivity index (χ4v) is 7.24. The molecule has 3 heteroatoms. The summed E-state index contributed by atoms with van der Waals surface area (Å²) in [5, 5.41) is 11.0. The maximum atomic E-state index is 6.17. The Morgan fingerprint density at radius 3 is 1.77 bits per heavy atom. The van der Waals surface area contributed by atoms with Crippen LogP contribution in [-0.4, -0.2) is 6.17 Å². The van der Waals surface area contributed by atoms with E-state index in [0.29, 0.717) is 0 Å². The van der Waals surface area contributed by atoms with Crippen LogP contribution in [0, 0.1) is 0 Å². The lowest BCUT2D eigenvalue weighted by molar-refractivity contribution is 0.669. The second-order valence-corrected chi connectivity index (χ2v) is 11.7. The summed E-state index contributed by atoms with van der Waals surface area (Å²) in [6, 6.07) is 50.4. The molecule has 210 valence electrons. The molecule has 9 rings (SSSR count). The zero-order chi connectivity index (χ0) is 29.2. The van der Waals surface area contributed by atoms with Gasteiger partial charge in [-0.1, -0.05) is 104 Å². The molecule has 1 aromatic heterocycles. The van der Waals surface area contributed by atoms with Crippen LogP contribution in [0.25, 0.3) is 65.7 Å². The SMILES string of the molecule is CCC1Nc2ccccc2N1c1ccc(-c2c3ccccc3c(-c3ccc4oc5ccccc5c4c3)c3ccccc23)cc1. The van der Waals surface area contributed by atoms with Gasteiger partial charge >= 0.3 is 0 Å². The molecule has 0 aliphatic carbocycles. The molecule has 0 saturated heterocycles. The minimum Gasteiger partial charge on any atom is -0.456 e. The lowest BCUT2D eigenvalue weighted by atomic mass is 9.85. The van der Waals surface area contributed by atoms with E-state index in [2.05, 4.69) is 145 Å². The number of fused-ring (bicyclic) bond motifs is 6. The van der Waals surface area contributed by atoms with Crippen LogP contribution in [-0.2, 0) is 0 Å². The van der Waals surface area contributed by atoms with Gasteiger partial charge in [0.05, 0.1) is 11.4 Å². The van der Waals surface area contributed by atoms with Crippen LogP contribution in [0.2, 0.25) is 0 Å². The first kappa shape index (κ1) is 25.0. The number of hydrogen-bond acceptors (Lipinski definition) is 3. The van der Waals surface area contributed by atoms with E-state index in [-0.39, 0.29) is 6.17 Å². The van der Waals surface area contributed by atoms with Crippen molar-refractivity contribution in [2.45, 2.75) is 19.5 Å². The minimum atomic E-state index is 0.240. The zero-order valence-corrected chi connectivity index (χ0v) is 24.4. The summed E-state index contributed by atoms with van der Waals surface area (Å²) < 4.78 is 6.17. The summed E-state index contributed by atoms with van der Waals surface area (Å²) in [7, 11) is 0. The van der Waals surface area contributed by atoms with Crippen molar-refractivity contribution in [3.63, 3.8) is 0 Å². The molecule has 1 aliphatic rings. The fraction of sp³-hybridized carbons (Fsp3) is 0.0732. The number of rotatable bonds is 4. The van der Waals surface area contributed by atoms with Crippen LogP contribution < -0.4 is 10.2 Å². The molecule has 1 aliphatic heterocycles. The highest BCUT2D eigenvalue weighted by Gasteiger charge is 2.28. The van der Waals surface area contributed by atoms with Crippen LogP contribution in [0.15, 0.2) is 144 Å². The molecular formula is C41H30N2O. The topological polar surface area (TPSA) is 28.4 Å². The summed E-state index contributed by atoms with van der Waals surface area (Å²) >= 11 is 0. The molecule has 44 heavy (non-hydrogen) atoms. The third-order valence-electron chi connectivity index (χ3n) is 9.22. The number of para-hydroxylation sites is 3. The molecule has 0 amide bonds. The molecule has 0 bridgehead atoms. The predicted octanol–water partition coefficient (Wildman–Crippen LogP) is 11.5. The highest BCUT2D eigenvalue weighted by molar-refractivity contribution is 6.22. The molecule has 1 N–H and O–H groups in total. The van der Waals surface area contributed by atoms with E-state index in [9.17, 15) is 0 Å². The quantitative estimate of drug-likeness (QED) is 0.215. The number of hydrogen-bond donors (Lipinski definition) is 1. The third-order valence-corrected chi connectivity index (χ3v) is 9.22. The highest BCUT2D eigenvalue weighted by Crippen LogP contribution is 2.46. The van der Waals surface area contributed by atoms with E-state index in [1.165, 1.54) is 60.9 Å². The maximum Gasteiger partial charge on any atom is 0.135 e. The van der Waals surface area contributed by atoms with Gasteiger partial charge in [0.25, 0.3) is 0 Å². The largest absolute Gasteiger partial charge is 0.456 e. The van der Waals surface area contributed by atoms with E-state index in [1.807, 2.05) is 12.1 Å². The Bertz CT molecular complexity index is 2310. The predicted molar refractivity (Wildman–Crippen MR) is 186 cm³/mol. The molecule has 2 heterocycles. The van der Waals surface area contributed by atoms with Crippen LogP contribution in [0.4, 0.5) is 17.1 Å². The molecule has 1 unspecified atom stereocenters. The van der Waals surface area contributed by atoms with E-state index in [4.69, 9.17) is 4.42 Å². The van der Waals surface area contributed by atoms with Crippen molar-refractivity contribution in [2.24, 2.45) is 0 Å². The molecule has 3 nitrogen and oxygen atoms in total. The zero-order valence-electron chi connectivity index (χ0n) is 24.4. The summed E-state index contributed by atoms with van der Waals surface area (Å²) in [6.45, 7) is 2.23. The molecule has 0 spiro atoms. The molecule has 1 atom stereocenters. The lowest BCUT2D eigenvalue weighted by Crippen LogP contribution is -2.30. The van der Waals surface area contributed by atoms with Crippen molar-refractivity contribution in [3.05, 3.63) is 140 Å². The van der Waals surface area contributed by atoms with Gasteiger partial charge in [-0.25, -0.2) is 0 Å². The Kier molecular flexibility index (Phi) is 5.54. The molecule has 7 aromatic carbocycles. The van der Waals surface area contributed by atoms with Gasteiger partial charge in [-0.15, -0.1) is 0 Å². The first-order chi connectivity index (χ1) is 21.8. The number of anilines is 3.